The highest BCUT2D eigenvalue weighted by molar-refractivity contribution is 6.30. The molecule has 0 aliphatic rings. The molecule has 0 fully saturated rings. The molecule has 1 atom stereocenters. The van der Waals surface area contributed by atoms with Crippen LogP contribution in [0.2, 0.25) is 5.02 Å². The molecule has 23 heavy (non-hydrogen) atoms. The number of imidazole rings is 1. The second-order valence-electron chi connectivity index (χ2n) is 5.25. The maximum Gasteiger partial charge on any atom is 0.244 e. The van der Waals surface area contributed by atoms with Crippen LogP contribution in [0.3, 0.4) is 0 Å². The summed E-state index contributed by atoms with van der Waals surface area (Å²) >= 11 is 5.83. The summed E-state index contributed by atoms with van der Waals surface area (Å²) in [6, 6.07) is 14.9. The van der Waals surface area contributed by atoms with Gasteiger partial charge in [0.05, 0.1) is 17.1 Å². The average molecular weight is 326 g/mol. The molecule has 0 bridgehead atoms. The summed E-state index contributed by atoms with van der Waals surface area (Å²) in [7, 11) is 0. The van der Waals surface area contributed by atoms with Crippen LogP contribution in [0.5, 0.6) is 0 Å². The number of fused-ring (bicyclic) bond motifs is 1. The van der Waals surface area contributed by atoms with Crippen LogP contribution in [0.4, 0.5) is 0 Å². The molecule has 1 unspecified atom stereocenters. The van der Waals surface area contributed by atoms with Gasteiger partial charge in [0.25, 0.3) is 0 Å². The van der Waals surface area contributed by atoms with Gasteiger partial charge in [-0.15, -0.1) is 0 Å². The topological polar surface area (TPSA) is 57.8 Å². The quantitative estimate of drug-likeness (QED) is 0.709. The summed E-state index contributed by atoms with van der Waals surface area (Å²) in [6.45, 7) is 1.89. The van der Waals surface area contributed by atoms with Gasteiger partial charge in [-0.1, -0.05) is 35.9 Å². The fraction of sp³-hybridized carbons (Fsp3) is 0.111. The molecule has 0 aliphatic heterocycles. The number of benzene rings is 2. The van der Waals surface area contributed by atoms with E-state index in [4.69, 9.17) is 11.6 Å². The molecule has 0 radical (unpaired) electrons. The molecule has 116 valence electrons. The number of rotatable bonds is 4. The molecule has 0 saturated carbocycles. The van der Waals surface area contributed by atoms with Crippen LogP contribution in [-0.2, 0) is 4.79 Å². The lowest BCUT2D eigenvalue weighted by Gasteiger charge is -2.09. The van der Waals surface area contributed by atoms with Gasteiger partial charge in [0, 0.05) is 11.1 Å². The minimum atomic E-state index is -0.204. The number of para-hydroxylation sites is 2. The Kier molecular flexibility index (Phi) is 4.44. The number of carbonyl (C=O) groups is 1. The average Bonchev–Trinajstić information content (AvgIpc) is 2.98. The van der Waals surface area contributed by atoms with E-state index in [2.05, 4.69) is 15.3 Å². The van der Waals surface area contributed by atoms with Crippen molar-refractivity contribution in [1.82, 2.24) is 15.3 Å². The van der Waals surface area contributed by atoms with Crippen molar-refractivity contribution < 1.29 is 4.79 Å². The van der Waals surface area contributed by atoms with E-state index in [1.54, 1.807) is 18.2 Å². The minimum Gasteiger partial charge on any atom is -0.343 e. The summed E-state index contributed by atoms with van der Waals surface area (Å²) in [6.07, 6.45) is 3.25. The fourth-order valence-corrected chi connectivity index (χ4v) is 2.38. The second-order valence-corrected chi connectivity index (χ2v) is 5.69. The van der Waals surface area contributed by atoms with Crippen molar-refractivity contribution in [2.75, 3.05) is 0 Å². The molecule has 2 N–H and O–H groups in total. The molecular weight excluding hydrogens is 310 g/mol. The molecule has 1 heterocycles. The van der Waals surface area contributed by atoms with Gasteiger partial charge in [0.2, 0.25) is 5.91 Å². The molecule has 3 aromatic rings. The van der Waals surface area contributed by atoms with Gasteiger partial charge in [0.15, 0.2) is 0 Å². The zero-order valence-electron chi connectivity index (χ0n) is 12.6. The smallest absolute Gasteiger partial charge is 0.244 e. The number of nitrogens with zero attached hydrogens (tertiary/aromatic N) is 1. The number of hydrogen-bond donors (Lipinski definition) is 2. The van der Waals surface area contributed by atoms with E-state index in [9.17, 15) is 4.79 Å². The maximum absolute atomic E-state index is 12.0. The zero-order chi connectivity index (χ0) is 16.2. The lowest BCUT2D eigenvalue weighted by Crippen LogP contribution is -2.25. The van der Waals surface area contributed by atoms with Crippen molar-refractivity contribution >= 4 is 34.6 Å². The fourth-order valence-electron chi connectivity index (χ4n) is 2.25. The number of H-pyrrole nitrogens is 1. The minimum absolute atomic E-state index is 0.173. The molecule has 0 spiro atoms. The summed E-state index contributed by atoms with van der Waals surface area (Å²) in [5.41, 5.74) is 2.77. The van der Waals surface area contributed by atoms with Crippen LogP contribution >= 0.6 is 11.6 Å². The highest BCUT2D eigenvalue weighted by Gasteiger charge is 2.11. The Bertz CT molecular complexity index is 819. The number of amides is 1. The first-order chi connectivity index (χ1) is 11.1. The van der Waals surface area contributed by atoms with Crippen LogP contribution in [-0.4, -0.2) is 15.9 Å². The van der Waals surface area contributed by atoms with Crippen LogP contribution in [0.15, 0.2) is 54.6 Å². The Labute approximate surface area is 139 Å². The van der Waals surface area contributed by atoms with E-state index < -0.39 is 0 Å². The van der Waals surface area contributed by atoms with E-state index in [1.165, 1.54) is 6.08 Å². The lowest BCUT2D eigenvalue weighted by atomic mass is 10.2. The molecule has 0 aliphatic carbocycles. The Balaban J connectivity index is 1.65. The molecule has 0 saturated heterocycles. The first-order valence-corrected chi connectivity index (χ1v) is 7.68. The predicted octanol–water partition coefficient (Wildman–Crippen LogP) is 4.11. The van der Waals surface area contributed by atoms with E-state index >= 15 is 0 Å². The van der Waals surface area contributed by atoms with Crippen LogP contribution in [0.1, 0.15) is 24.4 Å². The number of carbonyl (C=O) groups excluding carboxylic acids is 1. The van der Waals surface area contributed by atoms with E-state index in [0.29, 0.717) is 5.02 Å². The van der Waals surface area contributed by atoms with Gasteiger partial charge < -0.3 is 10.3 Å². The van der Waals surface area contributed by atoms with Crippen molar-refractivity contribution in [2.45, 2.75) is 13.0 Å². The molecular formula is C18H16ClN3O. The molecule has 4 nitrogen and oxygen atoms in total. The van der Waals surface area contributed by atoms with Crippen molar-refractivity contribution in [1.29, 1.82) is 0 Å². The van der Waals surface area contributed by atoms with Crippen molar-refractivity contribution in [3.05, 3.63) is 71.0 Å². The largest absolute Gasteiger partial charge is 0.343 e. The summed E-state index contributed by atoms with van der Waals surface area (Å²) in [4.78, 5) is 19.7. The van der Waals surface area contributed by atoms with Gasteiger partial charge in [0.1, 0.15) is 5.82 Å². The third-order valence-electron chi connectivity index (χ3n) is 3.47. The second kappa shape index (κ2) is 6.67. The third-order valence-corrected chi connectivity index (χ3v) is 3.73. The van der Waals surface area contributed by atoms with Crippen molar-refractivity contribution in [2.24, 2.45) is 0 Å². The Morgan fingerprint density at radius 3 is 2.70 bits per heavy atom. The number of aromatic nitrogens is 2. The van der Waals surface area contributed by atoms with Crippen LogP contribution < -0.4 is 5.32 Å². The maximum atomic E-state index is 12.0. The number of hydrogen-bond acceptors (Lipinski definition) is 2. The van der Waals surface area contributed by atoms with Crippen molar-refractivity contribution in [3.8, 4) is 0 Å². The first-order valence-electron chi connectivity index (χ1n) is 7.30. The van der Waals surface area contributed by atoms with Gasteiger partial charge in [-0.3, -0.25) is 4.79 Å². The highest BCUT2D eigenvalue weighted by Crippen LogP contribution is 2.15. The van der Waals surface area contributed by atoms with E-state index in [1.807, 2.05) is 43.3 Å². The molecule has 1 aromatic heterocycles. The van der Waals surface area contributed by atoms with Gasteiger partial charge in [-0.2, -0.15) is 0 Å². The van der Waals surface area contributed by atoms with E-state index in [-0.39, 0.29) is 11.9 Å². The standard InChI is InChI=1S/C18H16ClN3O/c1-12(18-21-15-4-2-3-5-16(15)22-18)20-17(23)11-8-13-6-9-14(19)10-7-13/h2-12H,1H3,(H,20,23)(H,21,22)/b11-8+. The van der Waals surface area contributed by atoms with Gasteiger partial charge >= 0.3 is 0 Å². The van der Waals surface area contributed by atoms with E-state index in [0.717, 1.165) is 22.4 Å². The third kappa shape index (κ3) is 3.79. The SMILES string of the molecule is CC(NC(=O)/C=C/c1ccc(Cl)cc1)c1nc2ccccc2[nH]1. The molecule has 3 rings (SSSR count). The Morgan fingerprint density at radius 2 is 1.96 bits per heavy atom. The summed E-state index contributed by atoms with van der Waals surface area (Å²) in [5.74, 6) is 0.562. The van der Waals surface area contributed by atoms with Crippen molar-refractivity contribution in [3.63, 3.8) is 0 Å². The number of halogens is 1. The van der Waals surface area contributed by atoms with Crippen LogP contribution in [0.25, 0.3) is 17.1 Å². The molecule has 2 aromatic carbocycles. The summed E-state index contributed by atoms with van der Waals surface area (Å²) in [5, 5.41) is 3.56. The normalized spacial score (nSPS) is 12.6. The highest BCUT2D eigenvalue weighted by atomic mass is 35.5. The van der Waals surface area contributed by atoms with Gasteiger partial charge in [-0.25, -0.2) is 4.98 Å². The van der Waals surface area contributed by atoms with Crippen LogP contribution in [0, 0.1) is 0 Å². The zero-order valence-corrected chi connectivity index (χ0v) is 13.3. The lowest BCUT2D eigenvalue weighted by molar-refractivity contribution is -0.117. The predicted molar refractivity (Wildman–Crippen MR) is 93.1 cm³/mol. The monoisotopic (exact) mass is 325 g/mol. The Morgan fingerprint density at radius 1 is 1.22 bits per heavy atom. The molecule has 5 heteroatoms. The van der Waals surface area contributed by atoms with Gasteiger partial charge in [-0.05, 0) is 42.8 Å². The summed E-state index contributed by atoms with van der Waals surface area (Å²) < 4.78 is 0. The molecule has 1 amide bonds. The number of aromatic amines is 1. The first kappa shape index (κ1) is 15.3. The Hall–Kier alpha value is -2.59. The number of nitrogens with one attached hydrogen (secondary N) is 2.